The SMILES string of the molecule is Nc1ccc(CCCCCc2ccc(O)cc2)cc1.Nc1ccc(CCCCCc2ccc(O)cc2)cc1. The van der Waals surface area contributed by atoms with Gasteiger partial charge in [0.15, 0.2) is 0 Å². The maximum absolute atomic E-state index is 9.20. The van der Waals surface area contributed by atoms with Gasteiger partial charge in [-0.15, -0.1) is 0 Å². The molecule has 0 saturated heterocycles. The molecule has 0 bridgehead atoms. The summed E-state index contributed by atoms with van der Waals surface area (Å²) < 4.78 is 0. The molecule has 0 unspecified atom stereocenters. The lowest BCUT2D eigenvalue weighted by Gasteiger charge is -2.03. The van der Waals surface area contributed by atoms with Crippen LogP contribution in [-0.2, 0) is 25.7 Å². The Bertz CT molecular complexity index is 977. The van der Waals surface area contributed by atoms with Gasteiger partial charge in [0, 0.05) is 11.4 Å². The van der Waals surface area contributed by atoms with Crippen molar-refractivity contribution >= 4 is 11.4 Å². The lowest BCUT2D eigenvalue weighted by Crippen LogP contribution is -1.90. The Labute approximate surface area is 228 Å². The van der Waals surface area contributed by atoms with Crippen molar-refractivity contribution in [1.29, 1.82) is 0 Å². The van der Waals surface area contributed by atoms with Crippen molar-refractivity contribution in [2.75, 3.05) is 11.5 Å². The molecule has 0 aliphatic rings. The van der Waals surface area contributed by atoms with Crippen LogP contribution in [0.5, 0.6) is 11.5 Å². The zero-order valence-corrected chi connectivity index (χ0v) is 22.4. The van der Waals surface area contributed by atoms with Crippen molar-refractivity contribution in [3.8, 4) is 11.5 Å². The number of rotatable bonds is 12. The highest BCUT2D eigenvalue weighted by Gasteiger charge is 1.98. The molecule has 4 heteroatoms. The predicted octanol–water partition coefficient (Wildman–Crippen LogP) is 7.86. The molecule has 0 fully saturated rings. The number of hydrogen-bond acceptors (Lipinski definition) is 4. The highest BCUT2D eigenvalue weighted by atomic mass is 16.3. The molecule has 0 radical (unpaired) electrons. The standard InChI is InChI=1S/2C17H21NO/c2*18-16-10-6-14(7-11-16)4-2-1-3-5-15-8-12-17(19)13-9-15/h2*6-13,19H,1-5,18H2. The van der Waals surface area contributed by atoms with Gasteiger partial charge in [-0.2, -0.15) is 0 Å². The van der Waals surface area contributed by atoms with Crippen molar-refractivity contribution in [3.05, 3.63) is 119 Å². The van der Waals surface area contributed by atoms with Crippen LogP contribution >= 0.6 is 0 Å². The number of anilines is 2. The van der Waals surface area contributed by atoms with Crippen LogP contribution in [0.1, 0.15) is 60.8 Å². The molecule has 6 N–H and O–H groups in total. The van der Waals surface area contributed by atoms with E-state index in [0.717, 1.165) is 37.1 Å². The fourth-order valence-corrected chi connectivity index (χ4v) is 4.36. The third kappa shape index (κ3) is 11.4. The second-order valence-corrected chi connectivity index (χ2v) is 9.94. The normalized spacial score (nSPS) is 10.5. The minimum Gasteiger partial charge on any atom is -0.508 e. The molecule has 4 aromatic carbocycles. The van der Waals surface area contributed by atoms with Gasteiger partial charge in [-0.05, 0) is 122 Å². The summed E-state index contributed by atoms with van der Waals surface area (Å²) in [6.07, 6.45) is 11.7. The van der Waals surface area contributed by atoms with E-state index >= 15 is 0 Å². The monoisotopic (exact) mass is 510 g/mol. The van der Waals surface area contributed by atoms with Gasteiger partial charge in [0.05, 0.1) is 0 Å². The summed E-state index contributed by atoms with van der Waals surface area (Å²) >= 11 is 0. The number of aryl methyl sites for hydroxylation is 4. The number of nitrogen functional groups attached to an aromatic ring is 2. The molecule has 0 saturated carbocycles. The van der Waals surface area contributed by atoms with E-state index in [-0.39, 0.29) is 0 Å². The van der Waals surface area contributed by atoms with Crippen molar-refractivity contribution < 1.29 is 10.2 Å². The van der Waals surface area contributed by atoms with Crippen molar-refractivity contribution in [2.45, 2.75) is 64.2 Å². The Morgan fingerprint density at radius 2 is 0.579 bits per heavy atom. The number of benzene rings is 4. The van der Waals surface area contributed by atoms with E-state index in [1.54, 1.807) is 24.3 Å². The van der Waals surface area contributed by atoms with Gasteiger partial charge >= 0.3 is 0 Å². The third-order valence-corrected chi connectivity index (χ3v) is 6.69. The average Bonchev–Trinajstić information content (AvgIpc) is 2.93. The summed E-state index contributed by atoms with van der Waals surface area (Å²) in [6.45, 7) is 0. The first-order valence-corrected chi connectivity index (χ1v) is 13.7. The van der Waals surface area contributed by atoms with Crippen LogP contribution in [0.4, 0.5) is 11.4 Å². The molecule has 0 aliphatic heterocycles. The second-order valence-electron chi connectivity index (χ2n) is 9.94. The van der Waals surface area contributed by atoms with Gasteiger partial charge in [-0.1, -0.05) is 61.4 Å². The summed E-state index contributed by atoms with van der Waals surface area (Å²) in [5, 5.41) is 18.4. The first-order valence-electron chi connectivity index (χ1n) is 13.7. The Morgan fingerprint density at radius 1 is 0.342 bits per heavy atom. The number of phenols is 2. The topological polar surface area (TPSA) is 92.5 Å². The van der Waals surface area contributed by atoms with E-state index in [0.29, 0.717) is 11.5 Å². The first-order chi connectivity index (χ1) is 18.5. The number of phenolic OH excluding ortho intramolecular Hbond substituents is 2. The van der Waals surface area contributed by atoms with Gasteiger partial charge < -0.3 is 21.7 Å². The lowest BCUT2D eigenvalue weighted by molar-refractivity contribution is 0.474. The summed E-state index contributed by atoms with van der Waals surface area (Å²) in [5.74, 6) is 0.680. The van der Waals surface area contributed by atoms with Gasteiger partial charge in [-0.25, -0.2) is 0 Å². The number of hydrogen-bond donors (Lipinski definition) is 4. The molecular weight excluding hydrogens is 468 g/mol. The van der Waals surface area contributed by atoms with E-state index in [1.807, 2.05) is 48.5 Å². The molecule has 0 aromatic heterocycles. The van der Waals surface area contributed by atoms with Crippen LogP contribution in [0.15, 0.2) is 97.1 Å². The zero-order valence-electron chi connectivity index (χ0n) is 22.4. The van der Waals surface area contributed by atoms with Gasteiger partial charge in [-0.3, -0.25) is 0 Å². The van der Waals surface area contributed by atoms with E-state index < -0.39 is 0 Å². The molecule has 38 heavy (non-hydrogen) atoms. The fraction of sp³-hybridized carbons (Fsp3) is 0.294. The lowest BCUT2D eigenvalue weighted by atomic mass is 10.0. The minimum atomic E-state index is 0.340. The molecule has 0 spiro atoms. The van der Waals surface area contributed by atoms with Crippen molar-refractivity contribution in [2.24, 2.45) is 0 Å². The highest BCUT2D eigenvalue weighted by molar-refractivity contribution is 5.40. The van der Waals surface area contributed by atoms with Crippen LogP contribution in [-0.4, -0.2) is 10.2 Å². The molecule has 4 rings (SSSR count). The van der Waals surface area contributed by atoms with Crippen molar-refractivity contribution in [1.82, 2.24) is 0 Å². The number of nitrogens with two attached hydrogens (primary N) is 2. The smallest absolute Gasteiger partial charge is 0.115 e. The van der Waals surface area contributed by atoms with Gasteiger partial charge in [0.25, 0.3) is 0 Å². The Morgan fingerprint density at radius 3 is 0.842 bits per heavy atom. The molecule has 0 aliphatic carbocycles. The fourth-order valence-electron chi connectivity index (χ4n) is 4.36. The summed E-state index contributed by atoms with van der Waals surface area (Å²) in [6, 6.07) is 31.3. The maximum atomic E-state index is 9.20. The first kappa shape index (κ1) is 28.6. The predicted molar refractivity (Wildman–Crippen MR) is 160 cm³/mol. The maximum Gasteiger partial charge on any atom is 0.115 e. The van der Waals surface area contributed by atoms with Crippen LogP contribution in [0, 0.1) is 0 Å². The van der Waals surface area contributed by atoms with E-state index in [1.165, 1.54) is 60.8 Å². The molecule has 0 amide bonds. The van der Waals surface area contributed by atoms with Crippen LogP contribution in [0.3, 0.4) is 0 Å². The molecule has 4 nitrogen and oxygen atoms in total. The third-order valence-electron chi connectivity index (χ3n) is 6.69. The molecular formula is C34H42N2O2. The second kappa shape index (κ2) is 16.0. The highest BCUT2D eigenvalue weighted by Crippen LogP contribution is 2.15. The average molecular weight is 511 g/mol. The summed E-state index contributed by atoms with van der Waals surface area (Å²) in [7, 11) is 0. The molecule has 0 heterocycles. The Kier molecular flexibility index (Phi) is 12.1. The van der Waals surface area contributed by atoms with Gasteiger partial charge in [0.2, 0.25) is 0 Å². The minimum absolute atomic E-state index is 0.340. The van der Waals surface area contributed by atoms with E-state index in [9.17, 15) is 10.2 Å². The molecule has 0 atom stereocenters. The van der Waals surface area contributed by atoms with E-state index in [2.05, 4.69) is 24.3 Å². The summed E-state index contributed by atoms with van der Waals surface area (Å²) in [4.78, 5) is 0. The Hall–Kier alpha value is -3.92. The molecule has 4 aromatic rings. The Balaban J connectivity index is 0.000000211. The zero-order chi connectivity index (χ0) is 27.0. The van der Waals surface area contributed by atoms with Crippen LogP contribution < -0.4 is 11.5 Å². The largest absolute Gasteiger partial charge is 0.508 e. The number of aromatic hydroxyl groups is 2. The van der Waals surface area contributed by atoms with Crippen LogP contribution in [0.25, 0.3) is 0 Å². The van der Waals surface area contributed by atoms with Gasteiger partial charge in [0.1, 0.15) is 11.5 Å². The number of unbranched alkanes of at least 4 members (excludes halogenated alkanes) is 4. The quantitative estimate of drug-likeness (QED) is 0.115. The van der Waals surface area contributed by atoms with Crippen molar-refractivity contribution in [3.63, 3.8) is 0 Å². The summed E-state index contributed by atoms with van der Waals surface area (Å²) in [5.41, 5.74) is 18.3. The molecule has 200 valence electrons. The van der Waals surface area contributed by atoms with Crippen LogP contribution in [0.2, 0.25) is 0 Å². The van der Waals surface area contributed by atoms with E-state index in [4.69, 9.17) is 11.5 Å².